The SMILES string of the molecule is Cn1nc(C(=O)N(Cc2ccccc2)Cc2ccccc2)c(=O)c2ccccc21. The second kappa shape index (κ2) is 8.10. The summed E-state index contributed by atoms with van der Waals surface area (Å²) in [6, 6.07) is 26.7. The predicted molar refractivity (Wildman–Crippen MR) is 113 cm³/mol. The number of aromatic nitrogens is 2. The Labute approximate surface area is 168 Å². The molecular formula is C24H21N3O2. The Kier molecular flexibility index (Phi) is 5.20. The van der Waals surface area contributed by atoms with Gasteiger partial charge in [0.25, 0.3) is 5.91 Å². The van der Waals surface area contributed by atoms with Crippen LogP contribution in [0.2, 0.25) is 0 Å². The summed E-state index contributed by atoms with van der Waals surface area (Å²) in [7, 11) is 1.75. The van der Waals surface area contributed by atoms with Gasteiger partial charge in [-0.05, 0) is 23.3 Å². The predicted octanol–water partition coefficient (Wildman–Crippen LogP) is 3.78. The number of carbonyl (C=O) groups is 1. The Morgan fingerprint density at radius 2 is 1.34 bits per heavy atom. The zero-order chi connectivity index (χ0) is 20.2. The van der Waals surface area contributed by atoms with Crippen molar-refractivity contribution in [1.82, 2.24) is 14.7 Å². The molecule has 0 aliphatic carbocycles. The maximum atomic E-state index is 13.4. The van der Waals surface area contributed by atoms with Crippen molar-refractivity contribution in [2.24, 2.45) is 7.05 Å². The lowest BCUT2D eigenvalue weighted by molar-refractivity contribution is 0.0720. The summed E-state index contributed by atoms with van der Waals surface area (Å²) < 4.78 is 1.59. The van der Waals surface area contributed by atoms with Gasteiger partial charge in [0.15, 0.2) is 5.69 Å². The molecule has 5 nitrogen and oxygen atoms in total. The molecular weight excluding hydrogens is 362 g/mol. The lowest BCUT2D eigenvalue weighted by Gasteiger charge is -2.23. The van der Waals surface area contributed by atoms with Gasteiger partial charge in [0.2, 0.25) is 5.43 Å². The number of fused-ring (bicyclic) bond motifs is 1. The largest absolute Gasteiger partial charge is 0.328 e. The van der Waals surface area contributed by atoms with E-state index < -0.39 is 0 Å². The molecule has 0 saturated heterocycles. The van der Waals surface area contributed by atoms with E-state index in [1.807, 2.05) is 72.8 Å². The molecule has 1 heterocycles. The van der Waals surface area contributed by atoms with Crippen LogP contribution in [0.1, 0.15) is 21.6 Å². The van der Waals surface area contributed by atoms with Crippen LogP contribution in [0.25, 0.3) is 10.9 Å². The highest BCUT2D eigenvalue weighted by Gasteiger charge is 2.23. The maximum Gasteiger partial charge on any atom is 0.279 e. The monoisotopic (exact) mass is 383 g/mol. The number of benzene rings is 3. The Hall–Kier alpha value is -3.73. The molecule has 0 atom stereocenters. The number of hydrogen-bond donors (Lipinski definition) is 0. The molecule has 1 aromatic heterocycles. The van der Waals surface area contributed by atoms with E-state index in [2.05, 4.69) is 5.10 Å². The van der Waals surface area contributed by atoms with E-state index in [1.165, 1.54) is 0 Å². The van der Waals surface area contributed by atoms with Crippen LogP contribution in [0.5, 0.6) is 0 Å². The highest BCUT2D eigenvalue weighted by molar-refractivity contribution is 5.95. The average Bonchev–Trinajstić information content (AvgIpc) is 2.77. The molecule has 1 amide bonds. The van der Waals surface area contributed by atoms with Gasteiger partial charge in [0, 0.05) is 25.5 Å². The Balaban J connectivity index is 1.76. The van der Waals surface area contributed by atoms with E-state index >= 15 is 0 Å². The van der Waals surface area contributed by atoms with Gasteiger partial charge < -0.3 is 4.90 Å². The van der Waals surface area contributed by atoms with Crippen LogP contribution in [0.15, 0.2) is 89.7 Å². The number of hydrogen-bond acceptors (Lipinski definition) is 3. The topological polar surface area (TPSA) is 55.2 Å². The van der Waals surface area contributed by atoms with Gasteiger partial charge in [0.1, 0.15) is 0 Å². The number of para-hydroxylation sites is 1. The molecule has 0 N–H and O–H groups in total. The molecule has 0 radical (unpaired) electrons. The van der Waals surface area contributed by atoms with Gasteiger partial charge >= 0.3 is 0 Å². The molecule has 5 heteroatoms. The third-order valence-electron chi connectivity index (χ3n) is 4.88. The van der Waals surface area contributed by atoms with Gasteiger partial charge in [-0.2, -0.15) is 5.10 Å². The molecule has 0 saturated carbocycles. The van der Waals surface area contributed by atoms with Crippen molar-refractivity contribution >= 4 is 16.8 Å². The minimum Gasteiger partial charge on any atom is -0.328 e. The van der Waals surface area contributed by atoms with Gasteiger partial charge in [0.05, 0.1) is 5.52 Å². The summed E-state index contributed by atoms with van der Waals surface area (Å²) in [4.78, 5) is 28.1. The van der Waals surface area contributed by atoms with E-state index in [0.29, 0.717) is 24.0 Å². The average molecular weight is 383 g/mol. The van der Waals surface area contributed by atoms with Crippen LogP contribution in [-0.2, 0) is 20.1 Å². The first kappa shape index (κ1) is 18.6. The van der Waals surface area contributed by atoms with E-state index in [0.717, 1.165) is 11.1 Å². The van der Waals surface area contributed by atoms with Crippen LogP contribution < -0.4 is 5.43 Å². The Morgan fingerprint density at radius 1 is 0.828 bits per heavy atom. The van der Waals surface area contributed by atoms with Gasteiger partial charge in [-0.1, -0.05) is 72.8 Å². The quantitative estimate of drug-likeness (QED) is 0.527. The lowest BCUT2D eigenvalue weighted by Crippen LogP contribution is -2.35. The first-order valence-corrected chi connectivity index (χ1v) is 9.46. The fourth-order valence-corrected chi connectivity index (χ4v) is 3.42. The summed E-state index contributed by atoms with van der Waals surface area (Å²) in [5.74, 6) is -0.371. The van der Waals surface area contributed by atoms with Crippen molar-refractivity contribution < 1.29 is 4.79 Å². The van der Waals surface area contributed by atoms with E-state index in [-0.39, 0.29) is 17.0 Å². The summed E-state index contributed by atoms with van der Waals surface area (Å²) in [5.41, 5.74) is 2.29. The molecule has 4 rings (SSSR count). The van der Waals surface area contributed by atoms with Crippen LogP contribution in [0.3, 0.4) is 0 Å². The molecule has 144 valence electrons. The number of rotatable bonds is 5. The minimum atomic E-state index is -0.371. The molecule has 0 bridgehead atoms. The standard InChI is InChI=1S/C24H21N3O2/c1-26-21-15-9-8-14-20(21)23(28)22(25-26)24(29)27(16-18-10-4-2-5-11-18)17-19-12-6-3-7-13-19/h2-15H,16-17H2,1H3. The van der Waals surface area contributed by atoms with Crippen molar-refractivity contribution in [2.75, 3.05) is 0 Å². The Bertz CT molecular complexity index is 1160. The lowest BCUT2D eigenvalue weighted by atomic mass is 10.1. The minimum absolute atomic E-state index is 0.0573. The number of amides is 1. The molecule has 29 heavy (non-hydrogen) atoms. The van der Waals surface area contributed by atoms with E-state index in [4.69, 9.17) is 0 Å². The van der Waals surface area contributed by atoms with E-state index in [9.17, 15) is 9.59 Å². The number of aryl methyl sites for hydroxylation is 1. The first-order valence-electron chi connectivity index (χ1n) is 9.46. The molecule has 0 unspecified atom stereocenters. The van der Waals surface area contributed by atoms with Crippen molar-refractivity contribution in [3.8, 4) is 0 Å². The van der Waals surface area contributed by atoms with Gasteiger partial charge in [-0.15, -0.1) is 0 Å². The van der Waals surface area contributed by atoms with Crippen LogP contribution in [0.4, 0.5) is 0 Å². The van der Waals surface area contributed by atoms with Crippen LogP contribution in [0, 0.1) is 0 Å². The third-order valence-corrected chi connectivity index (χ3v) is 4.88. The number of carbonyl (C=O) groups excluding carboxylic acids is 1. The molecule has 0 aliphatic heterocycles. The normalized spacial score (nSPS) is 10.8. The fraction of sp³-hybridized carbons (Fsp3) is 0.125. The van der Waals surface area contributed by atoms with Gasteiger partial charge in [-0.25, -0.2) is 0 Å². The smallest absolute Gasteiger partial charge is 0.279 e. The molecule has 0 aliphatic rings. The van der Waals surface area contributed by atoms with Gasteiger partial charge in [-0.3, -0.25) is 14.3 Å². The van der Waals surface area contributed by atoms with Crippen molar-refractivity contribution in [3.63, 3.8) is 0 Å². The van der Waals surface area contributed by atoms with Crippen molar-refractivity contribution in [2.45, 2.75) is 13.1 Å². The van der Waals surface area contributed by atoms with Crippen molar-refractivity contribution in [1.29, 1.82) is 0 Å². The second-order valence-electron chi connectivity index (χ2n) is 6.95. The first-order chi connectivity index (χ1) is 14.1. The summed E-state index contributed by atoms with van der Waals surface area (Å²) >= 11 is 0. The zero-order valence-electron chi connectivity index (χ0n) is 16.2. The van der Waals surface area contributed by atoms with Crippen LogP contribution >= 0.6 is 0 Å². The van der Waals surface area contributed by atoms with Crippen LogP contribution in [-0.4, -0.2) is 20.6 Å². The molecule has 0 fully saturated rings. The molecule has 3 aromatic carbocycles. The third kappa shape index (κ3) is 3.94. The second-order valence-corrected chi connectivity index (χ2v) is 6.95. The van der Waals surface area contributed by atoms with E-state index in [1.54, 1.807) is 28.8 Å². The molecule has 0 spiro atoms. The Morgan fingerprint density at radius 3 is 1.93 bits per heavy atom. The summed E-state index contributed by atoms with van der Waals surface area (Å²) in [5, 5.41) is 4.81. The molecule has 4 aromatic rings. The zero-order valence-corrected chi connectivity index (χ0v) is 16.2. The van der Waals surface area contributed by atoms with Crippen molar-refractivity contribution in [3.05, 3.63) is 112 Å². The summed E-state index contributed by atoms with van der Waals surface area (Å²) in [6.07, 6.45) is 0. The highest BCUT2D eigenvalue weighted by atomic mass is 16.2. The number of nitrogens with zero attached hydrogens (tertiary/aromatic N) is 3. The maximum absolute atomic E-state index is 13.4. The summed E-state index contributed by atoms with van der Waals surface area (Å²) in [6.45, 7) is 0.790. The fourth-order valence-electron chi connectivity index (χ4n) is 3.42. The highest BCUT2D eigenvalue weighted by Crippen LogP contribution is 2.14.